The molecule has 92 valence electrons. The first-order valence-corrected chi connectivity index (χ1v) is 6.51. The smallest absolute Gasteiger partial charge is 0.0962 e. The Balaban J connectivity index is 1.94. The monoisotopic (exact) mass is 239 g/mol. The van der Waals surface area contributed by atoms with E-state index in [0.717, 1.165) is 25.0 Å². The number of benzene rings is 1. The Labute approximate surface area is 107 Å². The van der Waals surface area contributed by atoms with Crippen molar-refractivity contribution >= 4 is 0 Å². The second-order valence-corrected chi connectivity index (χ2v) is 4.95. The number of hydrogen-bond donors (Lipinski definition) is 1. The van der Waals surface area contributed by atoms with Gasteiger partial charge in [0, 0.05) is 6.20 Å². The molecule has 0 saturated heterocycles. The first kappa shape index (κ1) is 11.4. The number of aromatic nitrogens is 1. The molecule has 0 bridgehead atoms. The lowest BCUT2D eigenvalue weighted by Gasteiger charge is -2.14. The third-order valence-corrected chi connectivity index (χ3v) is 3.77. The highest BCUT2D eigenvalue weighted by molar-refractivity contribution is 5.29. The van der Waals surface area contributed by atoms with E-state index in [0.29, 0.717) is 5.92 Å². The van der Waals surface area contributed by atoms with Gasteiger partial charge in [0.2, 0.25) is 0 Å². The lowest BCUT2D eigenvalue weighted by molar-refractivity contribution is 0.160. The molecule has 2 aromatic rings. The number of fused-ring (bicyclic) bond motifs is 1. The Morgan fingerprint density at radius 2 is 1.83 bits per heavy atom. The Kier molecular flexibility index (Phi) is 3.11. The second-order valence-electron chi connectivity index (χ2n) is 4.95. The first-order chi connectivity index (χ1) is 8.84. The van der Waals surface area contributed by atoms with Crippen LogP contribution in [-0.4, -0.2) is 10.1 Å². The van der Waals surface area contributed by atoms with Crippen LogP contribution in [0.25, 0.3) is 0 Å². The first-order valence-electron chi connectivity index (χ1n) is 6.51. The van der Waals surface area contributed by atoms with Crippen LogP contribution in [0.1, 0.15) is 41.7 Å². The van der Waals surface area contributed by atoms with Crippen LogP contribution < -0.4 is 0 Å². The van der Waals surface area contributed by atoms with Crippen LogP contribution in [0.2, 0.25) is 0 Å². The molecule has 0 spiro atoms. The highest BCUT2D eigenvalue weighted by Crippen LogP contribution is 2.34. The molecule has 1 aromatic heterocycles. The number of pyridine rings is 1. The summed E-state index contributed by atoms with van der Waals surface area (Å²) in [6.07, 6.45) is 4.15. The molecule has 2 heteroatoms. The Morgan fingerprint density at radius 3 is 2.67 bits per heavy atom. The van der Waals surface area contributed by atoms with Crippen molar-refractivity contribution < 1.29 is 5.11 Å². The molecule has 2 atom stereocenters. The van der Waals surface area contributed by atoms with Crippen LogP contribution in [0, 0.1) is 0 Å². The fraction of sp³-hybridized carbons (Fsp3) is 0.312. The number of aliphatic hydroxyl groups is 1. The molecule has 0 radical (unpaired) electrons. The average Bonchev–Trinajstić information content (AvgIpc) is 2.60. The lowest BCUT2D eigenvalue weighted by Crippen LogP contribution is -2.02. The zero-order valence-corrected chi connectivity index (χ0v) is 10.3. The lowest BCUT2D eigenvalue weighted by atomic mass is 9.90. The van der Waals surface area contributed by atoms with Gasteiger partial charge in [0.15, 0.2) is 0 Å². The van der Waals surface area contributed by atoms with E-state index in [1.807, 2.05) is 12.1 Å². The van der Waals surface area contributed by atoms with E-state index in [9.17, 15) is 5.11 Å². The van der Waals surface area contributed by atoms with Crippen LogP contribution in [0.4, 0.5) is 0 Å². The van der Waals surface area contributed by atoms with Gasteiger partial charge in [-0.05, 0) is 42.4 Å². The summed E-state index contributed by atoms with van der Waals surface area (Å²) in [5.74, 6) is 0.492. The van der Waals surface area contributed by atoms with E-state index in [1.165, 1.54) is 11.1 Å². The van der Waals surface area contributed by atoms with Crippen molar-refractivity contribution in [1.29, 1.82) is 0 Å². The fourth-order valence-electron chi connectivity index (χ4n) is 2.80. The SMILES string of the molecule is OC1CCC(c2ccccc2)Cc2cccnc21. The molecule has 3 rings (SSSR count). The molecule has 0 aliphatic heterocycles. The molecule has 2 nitrogen and oxygen atoms in total. The van der Waals surface area contributed by atoms with Crippen LogP contribution in [0.5, 0.6) is 0 Å². The molecule has 1 aliphatic carbocycles. The number of nitrogens with zero attached hydrogens (tertiary/aromatic N) is 1. The maximum absolute atomic E-state index is 10.1. The summed E-state index contributed by atoms with van der Waals surface area (Å²) in [5.41, 5.74) is 3.42. The van der Waals surface area contributed by atoms with E-state index in [4.69, 9.17) is 0 Å². The third-order valence-electron chi connectivity index (χ3n) is 3.77. The van der Waals surface area contributed by atoms with Crippen molar-refractivity contribution in [2.45, 2.75) is 31.3 Å². The van der Waals surface area contributed by atoms with Crippen molar-refractivity contribution in [3.63, 3.8) is 0 Å². The summed E-state index contributed by atoms with van der Waals surface area (Å²) >= 11 is 0. The van der Waals surface area contributed by atoms with Gasteiger partial charge in [-0.1, -0.05) is 36.4 Å². The zero-order valence-electron chi connectivity index (χ0n) is 10.3. The predicted molar refractivity (Wildman–Crippen MR) is 71.3 cm³/mol. The molecule has 1 aromatic carbocycles. The van der Waals surface area contributed by atoms with Crippen molar-refractivity contribution in [3.8, 4) is 0 Å². The van der Waals surface area contributed by atoms with E-state index in [-0.39, 0.29) is 0 Å². The maximum atomic E-state index is 10.1. The Bertz CT molecular complexity index is 524. The van der Waals surface area contributed by atoms with Crippen LogP contribution in [0.3, 0.4) is 0 Å². The van der Waals surface area contributed by atoms with Crippen molar-refractivity contribution in [2.75, 3.05) is 0 Å². The molecule has 0 fully saturated rings. The second kappa shape index (κ2) is 4.91. The summed E-state index contributed by atoms with van der Waals surface area (Å²) in [5, 5.41) is 10.1. The molecule has 1 N–H and O–H groups in total. The van der Waals surface area contributed by atoms with E-state index in [2.05, 4.69) is 35.3 Å². The summed E-state index contributed by atoms with van der Waals surface area (Å²) in [6.45, 7) is 0. The topological polar surface area (TPSA) is 33.1 Å². The summed E-state index contributed by atoms with van der Waals surface area (Å²) < 4.78 is 0. The van der Waals surface area contributed by atoms with Gasteiger partial charge in [0.1, 0.15) is 0 Å². The fourth-order valence-corrected chi connectivity index (χ4v) is 2.80. The zero-order chi connectivity index (χ0) is 12.4. The van der Waals surface area contributed by atoms with Gasteiger partial charge in [-0.3, -0.25) is 4.98 Å². The van der Waals surface area contributed by atoms with E-state index < -0.39 is 6.10 Å². The molecule has 2 unspecified atom stereocenters. The van der Waals surface area contributed by atoms with Gasteiger partial charge in [-0.2, -0.15) is 0 Å². The van der Waals surface area contributed by atoms with E-state index in [1.54, 1.807) is 6.20 Å². The summed E-state index contributed by atoms with van der Waals surface area (Å²) in [4.78, 5) is 4.34. The van der Waals surface area contributed by atoms with Gasteiger partial charge < -0.3 is 5.11 Å². The minimum absolute atomic E-state index is 0.407. The minimum atomic E-state index is -0.407. The van der Waals surface area contributed by atoms with Crippen molar-refractivity contribution in [2.24, 2.45) is 0 Å². The van der Waals surface area contributed by atoms with Crippen molar-refractivity contribution in [1.82, 2.24) is 4.98 Å². The van der Waals surface area contributed by atoms with E-state index >= 15 is 0 Å². The number of aliphatic hydroxyl groups excluding tert-OH is 1. The molecule has 18 heavy (non-hydrogen) atoms. The molecular formula is C16H17NO. The van der Waals surface area contributed by atoms with Gasteiger partial charge in [0.05, 0.1) is 11.8 Å². The van der Waals surface area contributed by atoms with Crippen LogP contribution >= 0.6 is 0 Å². The third kappa shape index (κ3) is 2.16. The number of rotatable bonds is 1. The molecule has 0 saturated carbocycles. The van der Waals surface area contributed by atoms with Gasteiger partial charge in [0.25, 0.3) is 0 Å². The highest BCUT2D eigenvalue weighted by atomic mass is 16.3. The molecule has 0 amide bonds. The van der Waals surface area contributed by atoms with Crippen LogP contribution in [-0.2, 0) is 6.42 Å². The maximum Gasteiger partial charge on any atom is 0.0962 e. The molecular weight excluding hydrogens is 222 g/mol. The Hall–Kier alpha value is -1.67. The summed E-state index contributed by atoms with van der Waals surface area (Å²) in [6, 6.07) is 14.6. The average molecular weight is 239 g/mol. The highest BCUT2D eigenvalue weighted by Gasteiger charge is 2.23. The van der Waals surface area contributed by atoms with Crippen LogP contribution in [0.15, 0.2) is 48.7 Å². The molecule has 1 heterocycles. The Morgan fingerprint density at radius 1 is 1.00 bits per heavy atom. The quantitative estimate of drug-likeness (QED) is 0.775. The largest absolute Gasteiger partial charge is 0.387 e. The number of hydrogen-bond acceptors (Lipinski definition) is 2. The summed E-state index contributed by atoms with van der Waals surface area (Å²) in [7, 11) is 0. The van der Waals surface area contributed by atoms with Gasteiger partial charge in [-0.15, -0.1) is 0 Å². The molecule has 1 aliphatic rings. The minimum Gasteiger partial charge on any atom is -0.387 e. The van der Waals surface area contributed by atoms with Gasteiger partial charge in [-0.25, -0.2) is 0 Å². The van der Waals surface area contributed by atoms with Crippen molar-refractivity contribution in [3.05, 3.63) is 65.5 Å². The van der Waals surface area contributed by atoms with Gasteiger partial charge >= 0.3 is 0 Å². The normalized spacial score (nSPS) is 23.2. The standard InChI is InChI=1S/C16H17NO/c18-15-9-8-13(12-5-2-1-3-6-12)11-14-7-4-10-17-16(14)15/h1-7,10,13,15,18H,8-9,11H2. The predicted octanol–water partition coefficient (Wildman–Crippen LogP) is 3.24.